The molecule has 2 aliphatic rings. The summed E-state index contributed by atoms with van der Waals surface area (Å²) < 4.78 is 11.4. The van der Waals surface area contributed by atoms with Gasteiger partial charge < -0.3 is 20.1 Å². The summed E-state index contributed by atoms with van der Waals surface area (Å²) in [6.07, 6.45) is 7.04. The van der Waals surface area contributed by atoms with Gasteiger partial charge in [0.15, 0.2) is 5.96 Å². The quantitative estimate of drug-likeness (QED) is 0.619. The summed E-state index contributed by atoms with van der Waals surface area (Å²) in [5.74, 6) is 1.50. The van der Waals surface area contributed by atoms with Gasteiger partial charge in [-0.05, 0) is 31.2 Å². The number of aromatic nitrogens is 1. The van der Waals surface area contributed by atoms with E-state index in [1.165, 1.54) is 6.42 Å². The number of pyridine rings is 1. The number of nitrogens with zero attached hydrogens (tertiary/aromatic N) is 2. The molecule has 3 heterocycles. The average Bonchev–Trinajstić information content (AvgIpc) is 3.20. The molecule has 6 nitrogen and oxygen atoms in total. The third kappa shape index (κ3) is 4.13. The number of guanidine groups is 1. The fourth-order valence-corrected chi connectivity index (χ4v) is 3.15. The van der Waals surface area contributed by atoms with Crippen LogP contribution >= 0.6 is 0 Å². The van der Waals surface area contributed by atoms with Crippen LogP contribution in [0.25, 0.3) is 0 Å². The van der Waals surface area contributed by atoms with E-state index in [1.807, 2.05) is 18.3 Å². The zero-order valence-electron chi connectivity index (χ0n) is 13.9. The second-order valence-corrected chi connectivity index (χ2v) is 6.14. The van der Waals surface area contributed by atoms with Crippen molar-refractivity contribution in [2.75, 3.05) is 13.7 Å². The Morgan fingerprint density at radius 2 is 2.35 bits per heavy atom. The molecule has 2 N–H and O–H groups in total. The summed E-state index contributed by atoms with van der Waals surface area (Å²) in [6.45, 7) is 3.47. The molecular formula is C17H26N4O2. The Labute approximate surface area is 137 Å². The highest BCUT2D eigenvalue weighted by Crippen LogP contribution is 2.34. The molecule has 126 valence electrons. The van der Waals surface area contributed by atoms with E-state index >= 15 is 0 Å². The second-order valence-electron chi connectivity index (χ2n) is 6.14. The van der Waals surface area contributed by atoms with Gasteiger partial charge in [-0.25, -0.2) is 4.98 Å². The molecule has 2 bridgehead atoms. The number of hydrogen-bond acceptors (Lipinski definition) is 4. The number of rotatable bonds is 6. The van der Waals surface area contributed by atoms with Crippen molar-refractivity contribution in [3.63, 3.8) is 0 Å². The third-order valence-electron chi connectivity index (χ3n) is 4.36. The molecule has 0 radical (unpaired) electrons. The molecule has 23 heavy (non-hydrogen) atoms. The van der Waals surface area contributed by atoms with E-state index in [-0.39, 0.29) is 0 Å². The highest BCUT2D eigenvalue weighted by Gasteiger charge is 2.41. The summed E-state index contributed by atoms with van der Waals surface area (Å²) in [5, 5.41) is 6.81. The third-order valence-corrected chi connectivity index (χ3v) is 4.36. The first-order valence-corrected chi connectivity index (χ1v) is 8.49. The fraction of sp³-hybridized carbons (Fsp3) is 0.647. The van der Waals surface area contributed by atoms with Gasteiger partial charge in [-0.2, -0.15) is 0 Å². The summed E-state index contributed by atoms with van der Waals surface area (Å²) in [7, 11) is 1.79. The summed E-state index contributed by atoms with van der Waals surface area (Å²) in [5.41, 5.74) is 1.10. The van der Waals surface area contributed by atoms with Crippen molar-refractivity contribution in [2.24, 2.45) is 4.99 Å². The van der Waals surface area contributed by atoms with Crippen LogP contribution in [0.2, 0.25) is 0 Å². The second kappa shape index (κ2) is 7.64. The van der Waals surface area contributed by atoms with E-state index < -0.39 is 0 Å². The summed E-state index contributed by atoms with van der Waals surface area (Å²) >= 11 is 0. The van der Waals surface area contributed by atoms with E-state index in [0.717, 1.165) is 30.8 Å². The Morgan fingerprint density at radius 1 is 1.43 bits per heavy atom. The lowest BCUT2D eigenvalue weighted by molar-refractivity contribution is 0.0992. The first-order chi connectivity index (χ1) is 11.3. The lowest BCUT2D eigenvalue weighted by atomic mass is 9.96. The SMILES string of the molecule is CCCOc1ccc(CNC(=NC)NC2CC3CCC2O3)cn1. The molecule has 2 aliphatic heterocycles. The van der Waals surface area contributed by atoms with Gasteiger partial charge >= 0.3 is 0 Å². The maximum absolute atomic E-state index is 5.87. The molecule has 0 spiro atoms. The normalized spacial score (nSPS) is 26.3. The predicted molar refractivity (Wildman–Crippen MR) is 89.7 cm³/mol. The number of fused-ring (bicyclic) bond motifs is 2. The van der Waals surface area contributed by atoms with Crippen LogP contribution in [0.4, 0.5) is 0 Å². The summed E-state index contributed by atoms with van der Waals surface area (Å²) in [4.78, 5) is 8.61. The number of ether oxygens (including phenoxy) is 2. The molecule has 0 saturated carbocycles. The molecule has 3 atom stereocenters. The maximum atomic E-state index is 5.87. The first-order valence-electron chi connectivity index (χ1n) is 8.49. The molecule has 0 aromatic carbocycles. The van der Waals surface area contributed by atoms with Gasteiger partial charge in [-0.15, -0.1) is 0 Å². The maximum Gasteiger partial charge on any atom is 0.213 e. The van der Waals surface area contributed by atoms with Gasteiger partial charge in [-0.3, -0.25) is 4.99 Å². The van der Waals surface area contributed by atoms with Crippen LogP contribution in [0.15, 0.2) is 23.3 Å². The monoisotopic (exact) mass is 318 g/mol. The van der Waals surface area contributed by atoms with Crippen LogP contribution in [0, 0.1) is 0 Å². The van der Waals surface area contributed by atoms with Crippen LogP contribution in [-0.4, -0.2) is 42.8 Å². The number of nitrogens with one attached hydrogen (secondary N) is 2. The largest absolute Gasteiger partial charge is 0.478 e. The van der Waals surface area contributed by atoms with Crippen molar-refractivity contribution in [1.29, 1.82) is 0 Å². The van der Waals surface area contributed by atoms with Crippen molar-refractivity contribution in [2.45, 2.75) is 57.4 Å². The van der Waals surface area contributed by atoms with Gasteiger partial charge in [0, 0.05) is 25.9 Å². The van der Waals surface area contributed by atoms with Gasteiger partial charge in [0.2, 0.25) is 5.88 Å². The molecule has 1 aromatic rings. The Kier molecular flexibility index (Phi) is 5.33. The van der Waals surface area contributed by atoms with E-state index in [1.54, 1.807) is 7.05 Å². The standard InChI is InChI=1S/C17H26N4O2/c1-3-8-22-16-7-4-12(10-19-16)11-20-17(18-2)21-14-9-13-5-6-15(14)23-13/h4,7,10,13-15H,3,5-6,8-9,11H2,1-2H3,(H2,18,20,21). The molecule has 3 unspecified atom stereocenters. The first kappa shape index (κ1) is 16.1. The van der Waals surface area contributed by atoms with Gasteiger partial charge in [0.25, 0.3) is 0 Å². The molecule has 6 heteroatoms. The van der Waals surface area contributed by atoms with E-state index in [4.69, 9.17) is 9.47 Å². The van der Waals surface area contributed by atoms with Gasteiger partial charge in [0.05, 0.1) is 24.9 Å². The molecule has 2 saturated heterocycles. The van der Waals surface area contributed by atoms with E-state index in [0.29, 0.717) is 37.3 Å². The highest BCUT2D eigenvalue weighted by molar-refractivity contribution is 5.80. The smallest absolute Gasteiger partial charge is 0.213 e. The average molecular weight is 318 g/mol. The van der Waals surface area contributed by atoms with Crippen LogP contribution in [-0.2, 0) is 11.3 Å². The zero-order chi connectivity index (χ0) is 16.1. The van der Waals surface area contributed by atoms with Crippen LogP contribution in [0.1, 0.15) is 38.2 Å². The molecule has 3 rings (SSSR count). The van der Waals surface area contributed by atoms with Crippen molar-refractivity contribution < 1.29 is 9.47 Å². The van der Waals surface area contributed by atoms with Crippen LogP contribution in [0.3, 0.4) is 0 Å². The fourth-order valence-electron chi connectivity index (χ4n) is 3.15. The number of hydrogen-bond donors (Lipinski definition) is 2. The number of aliphatic imine (C=N–C) groups is 1. The summed E-state index contributed by atoms with van der Waals surface area (Å²) in [6, 6.07) is 4.31. The van der Waals surface area contributed by atoms with Gasteiger partial charge in [-0.1, -0.05) is 13.0 Å². The van der Waals surface area contributed by atoms with Crippen molar-refractivity contribution in [1.82, 2.24) is 15.6 Å². The minimum absolute atomic E-state index is 0.343. The molecule has 1 aromatic heterocycles. The Morgan fingerprint density at radius 3 is 2.96 bits per heavy atom. The van der Waals surface area contributed by atoms with E-state index in [9.17, 15) is 0 Å². The Hall–Kier alpha value is -1.82. The van der Waals surface area contributed by atoms with E-state index in [2.05, 4.69) is 27.5 Å². The molecule has 0 amide bonds. The minimum Gasteiger partial charge on any atom is -0.478 e. The molecule has 0 aliphatic carbocycles. The Balaban J connectivity index is 1.46. The van der Waals surface area contributed by atoms with Crippen molar-refractivity contribution in [3.05, 3.63) is 23.9 Å². The lowest BCUT2D eigenvalue weighted by Crippen LogP contribution is -2.47. The topological polar surface area (TPSA) is 67.8 Å². The predicted octanol–water partition coefficient (Wildman–Crippen LogP) is 1.86. The zero-order valence-corrected chi connectivity index (χ0v) is 13.9. The lowest BCUT2D eigenvalue weighted by Gasteiger charge is -2.22. The Bertz CT molecular complexity index is 532. The van der Waals surface area contributed by atoms with Crippen molar-refractivity contribution >= 4 is 5.96 Å². The van der Waals surface area contributed by atoms with Crippen LogP contribution < -0.4 is 15.4 Å². The van der Waals surface area contributed by atoms with Crippen molar-refractivity contribution in [3.8, 4) is 5.88 Å². The molecule has 2 fully saturated rings. The van der Waals surface area contributed by atoms with Gasteiger partial charge in [0.1, 0.15) is 0 Å². The minimum atomic E-state index is 0.343. The highest BCUT2D eigenvalue weighted by atomic mass is 16.5. The van der Waals surface area contributed by atoms with Crippen LogP contribution in [0.5, 0.6) is 5.88 Å². The molecular weight excluding hydrogens is 292 g/mol.